The highest BCUT2D eigenvalue weighted by molar-refractivity contribution is 6.69. The SMILES string of the molecule is COCOc1ccc(C(C#N)O[Si](C)(C)C)c(OCOC)c1. The van der Waals surface area contributed by atoms with Crippen molar-refractivity contribution < 1.29 is 23.4 Å². The van der Waals surface area contributed by atoms with E-state index in [1.807, 2.05) is 19.6 Å². The van der Waals surface area contributed by atoms with Crippen LogP contribution in [-0.4, -0.2) is 36.1 Å². The summed E-state index contributed by atoms with van der Waals surface area (Å²) in [5, 5.41) is 9.41. The molecule has 0 amide bonds. The van der Waals surface area contributed by atoms with Crippen molar-refractivity contribution >= 4 is 8.32 Å². The minimum Gasteiger partial charge on any atom is -0.467 e. The lowest BCUT2D eigenvalue weighted by Crippen LogP contribution is -2.27. The molecule has 22 heavy (non-hydrogen) atoms. The van der Waals surface area contributed by atoms with Gasteiger partial charge in [-0.25, -0.2) is 0 Å². The van der Waals surface area contributed by atoms with Gasteiger partial charge in [-0.2, -0.15) is 5.26 Å². The number of hydrogen-bond acceptors (Lipinski definition) is 6. The van der Waals surface area contributed by atoms with E-state index in [1.54, 1.807) is 25.3 Å². The number of nitriles is 1. The lowest BCUT2D eigenvalue weighted by atomic mass is 10.1. The molecule has 0 radical (unpaired) electrons. The molecule has 0 aliphatic carbocycles. The summed E-state index contributed by atoms with van der Waals surface area (Å²) in [5.74, 6) is 1.08. The monoisotopic (exact) mass is 325 g/mol. The van der Waals surface area contributed by atoms with Gasteiger partial charge in [-0.3, -0.25) is 0 Å². The van der Waals surface area contributed by atoms with Crippen molar-refractivity contribution in [3.8, 4) is 17.6 Å². The van der Waals surface area contributed by atoms with Gasteiger partial charge in [0.15, 0.2) is 28.0 Å². The van der Waals surface area contributed by atoms with Crippen molar-refractivity contribution in [2.45, 2.75) is 25.7 Å². The van der Waals surface area contributed by atoms with E-state index >= 15 is 0 Å². The minimum atomic E-state index is -1.87. The van der Waals surface area contributed by atoms with Crippen molar-refractivity contribution in [1.29, 1.82) is 5.26 Å². The lowest BCUT2D eigenvalue weighted by molar-refractivity contribution is 0.0448. The molecule has 0 spiro atoms. The van der Waals surface area contributed by atoms with Gasteiger partial charge in [-0.15, -0.1) is 0 Å². The van der Waals surface area contributed by atoms with E-state index in [0.717, 1.165) is 0 Å². The van der Waals surface area contributed by atoms with Gasteiger partial charge in [0.05, 0.1) is 6.07 Å². The maximum atomic E-state index is 9.41. The summed E-state index contributed by atoms with van der Waals surface area (Å²) < 4.78 is 26.6. The Hall–Kier alpha value is -1.59. The van der Waals surface area contributed by atoms with E-state index < -0.39 is 14.4 Å². The Bertz CT molecular complexity index is 510. The van der Waals surface area contributed by atoms with Crippen molar-refractivity contribution in [3.05, 3.63) is 23.8 Å². The van der Waals surface area contributed by atoms with Crippen molar-refractivity contribution in [1.82, 2.24) is 0 Å². The van der Waals surface area contributed by atoms with Crippen LogP contribution < -0.4 is 9.47 Å². The Kier molecular flexibility index (Phi) is 7.34. The van der Waals surface area contributed by atoms with Crippen LogP contribution in [0.15, 0.2) is 18.2 Å². The number of nitrogens with zero attached hydrogens (tertiary/aromatic N) is 1. The predicted molar refractivity (Wildman–Crippen MR) is 84.2 cm³/mol. The van der Waals surface area contributed by atoms with Gasteiger partial charge >= 0.3 is 0 Å². The Morgan fingerprint density at radius 1 is 1.09 bits per heavy atom. The van der Waals surface area contributed by atoms with Crippen LogP contribution in [0.25, 0.3) is 0 Å². The molecule has 0 bridgehead atoms. The fourth-order valence-corrected chi connectivity index (χ4v) is 2.60. The first kappa shape index (κ1) is 18.5. The molecular weight excluding hydrogens is 302 g/mol. The Morgan fingerprint density at radius 3 is 2.27 bits per heavy atom. The third-order valence-electron chi connectivity index (χ3n) is 2.53. The summed E-state index contributed by atoms with van der Waals surface area (Å²) in [6.07, 6.45) is -0.685. The Labute approximate surface area is 132 Å². The van der Waals surface area contributed by atoms with Crippen LogP contribution in [0, 0.1) is 11.3 Å². The fourth-order valence-electron chi connectivity index (χ4n) is 1.71. The highest BCUT2D eigenvalue weighted by atomic mass is 28.4. The number of benzene rings is 1. The van der Waals surface area contributed by atoms with Crippen LogP contribution in [0.2, 0.25) is 19.6 Å². The molecule has 0 aliphatic heterocycles. The Balaban J connectivity index is 3.06. The molecule has 0 heterocycles. The van der Waals surface area contributed by atoms with Crippen LogP contribution in [0.1, 0.15) is 11.7 Å². The zero-order valence-electron chi connectivity index (χ0n) is 13.7. The summed E-state index contributed by atoms with van der Waals surface area (Å²) in [6.45, 7) is 6.30. The Morgan fingerprint density at radius 2 is 1.73 bits per heavy atom. The van der Waals surface area contributed by atoms with Crippen molar-refractivity contribution in [2.75, 3.05) is 27.8 Å². The molecule has 0 N–H and O–H groups in total. The smallest absolute Gasteiger partial charge is 0.188 e. The van der Waals surface area contributed by atoms with Crippen LogP contribution in [0.4, 0.5) is 0 Å². The van der Waals surface area contributed by atoms with Crippen molar-refractivity contribution in [2.24, 2.45) is 0 Å². The summed E-state index contributed by atoms with van der Waals surface area (Å²) >= 11 is 0. The second-order valence-corrected chi connectivity index (χ2v) is 10.0. The van der Waals surface area contributed by atoms with Gasteiger partial charge in [0, 0.05) is 25.8 Å². The van der Waals surface area contributed by atoms with Gasteiger partial charge in [0.25, 0.3) is 0 Å². The van der Waals surface area contributed by atoms with E-state index in [0.29, 0.717) is 17.1 Å². The number of hydrogen-bond donors (Lipinski definition) is 0. The quantitative estimate of drug-likeness (QED) is 0.513. The maximum absolute atomic E-state index is 9.41. The number of methoxy groups -OCH3 is 2. The normalized spacial score (nSPS) is 12.5. The van der Waals surface area contributed by atoms with Crippen LogP contribution in [-0.2, 0) is 13.9 Å². The average molecular weight is 325 g/mol. The van der Waals surface area contributed by atoms with E-state index in [9.17, 15) is 5.26 Å². The molecule has 122 valence electrons. The molecule has 1 rings (SSSR count). The van der Waals surface area contributed by atoms with Gasteiger partial charge in [0.1, 0.15) is 11.5 Å². The molecule has 0 saturated heterocycles. The first-order valence-electron chi connectivity index (χ1n) is 6.86. The van der Waals surface area contributed by atoms with Crippen LogP contribution in [0.3, 0.4) is 0 Å². The zero-order chi connectivity index (χ0) is 16.6. The topological polar surface area (TPSA) is 69.9 Å². The van der Waals surface area contributed by atoms with Gasteiger partial charge in [-0.05, 0) is 31.8 Å². The highest BCUT2D eigenvalue weighted by Crippen LogP contribution is 2.33. The molecule has 0 saturated carbocycles. The van der Waals surface area contributed by atoms with E-state index in [2.05, 4.69) is 6.07 Å². The van der Waals surface area contributed by atoms with E-state index in [4.69, 9.17) is 23.4 Å². The second-order valence-electron chi connectivity index (χ2n) is 5.54. The third kappa shape index (κ3) is 6.03. The number of ether oxygens (including phenoxy) is 4. The van der Waals surface area contributed by atoms with Gasteiger partial charge in [-0.1, -0.05) is 0 Å². The van der Waals surface area contributed by atoms with Crippen LogP contribution in [0.5, 0.6) is 11.5 Å². The van der Waals surface area contributed by atoms with E-state index in [-0.39, 0.29) is 13.6 Å². The average Bonchev–Trinajstić information content (AvgIpc) is 2.47. The minimum absolute atomic E-state index is 0.0752. The molecule has 1 unspecified atom stereocenters. The van der Waals surface area contributed by atoms with E-state index in [1.165, 1.54) is 7.11 Å². The second kappa shape index (κ2) is 8.75. The lowest BCUT2D eigenvalue weighted by Gasteiger charge is -2.23. The van der Waals surface area contributed by atoms with Gasteiger partial charge < -0.3 is 23.4 Å². The highest BCUT2D eigenvalue weighted by Gasteiger charge is 2.25. The summed E-state index contributed by atoms with van der Waals surface area (Å²) in [5.41, 5.74) is 0.659. The first-order valence-corrected chi connectivity index (χ1v) is 10.3. The first-order chi connectivity index (χ1) is 10.4. The van der Waals surface area contributed by atoms with Crippen molar-refractivity contribution in [3.63, 3.8) is 0 Å². The standard InChI is InChI=1S/C15H23NO5Si/c1-17-10-19-12-6-7-13(14(8-12)20-11-18-2)15(9-16)21-22(3,4)5/h6-8,15H,10-11H2,1-5H3. The molecule has 0 aromatic heterocycles. The molecule has 0 aliphatic rings. The maximum Gasteiger partial charge on any atom is 0.188 e. The molecule has 0 fully saturated rings. The molecule has 1 atom stereocenters. The molecule has 7 heteroatoms. The molecular formula is C15H23NO5Si. The third-order valence-corrected chi connectivity index (χ3v) is 3.47. The summed E-state index contributed by atoms with van der Waals surface area (Å²) in [6, 6.07) is 7.40. The summed E-state index contributed by atoms with van der Waals surface area (Å²) in [7, 11) is 1.21. The zero-order valence-corrected chi connectivity index (χ0v) is 14.7. The van der Waals surface area contributed by atoms with Gasteiger partial charge in [0.2, 0.25) is 0 Å². The number of rotatable bonds is 9. The molecule has 1 aromatic rings. The fraction of sp³-hybridized carbons (Fsp3) is 0.533. The largest absolute Gasteiger partial charge is 0.467 e. The molecule has 6 nitrogen and oxygen atoms in total. The molecule has 1 aromatic carbocycles. The predicted octanol–water partition coefficient (Wildman–Crippen LogP) is 3.07. The summed E-state index contributed by atoms with van der Waals surface area (Å²) in [4.78, 5) is 0. The van der Waals surface area contributed by atoms with Crippen LogP contribution >= 0.6 is 0 Å².